The van der Waals surface area contributed by atoms with Gasteiger partial charge in [-0.15, -0.1) is 0 Å². The molecule has 2 rings (SSSR count). The van der Waals surface area contributed by atoms with Gasteiger partial charge in [-0.3, -0.25) is 4.79 Å². The largest absolute Gasteiger partial charge is 0.321 e. The van der Waals surface area contributed by atoms with Gasteiger partial charge in [0.05, 0.1) is 0 Å². The maximum atomic E-state index is 11.1. The zero-order valence-corrected chi connectivity index (χ0v) is 9.83. The summed E-state index contributed by atoms with van der Waals surface area (Å²) in [6.07, 6.45) is 6.53. The lowest BCUT2D eigenvalue weighted by Gasteiger charge is -2.35. The summed E-state index contributed by atoms with van der Waals surface area (Å²) < 4.78 is 0. The van der Waals surface area contributed by atoms with Crippen LogP contribution < -0.4 is 5.73 Å². The van der Waals surface area contributed by atoms with Crippen molar-refractivity contribution in [2.45, 2.75) is 44.6 Å². The zero-order chi connectivity index (χ0) is 11.6. The lowest BCUT2D eigenvalue weighted by molar-refractivity contribution is 0.111. The molecular formula is C14H19NO. The third kappa shape index (κ3) is 2.03. The Balaban J connectivity index is 2.41. The molecule has 1 aliphatic rings. The van der Waals surface area contributed by atoms with Crippen LogP contribution in [0.3, 0.4) is 0 Å². The van der Waals surface area contributed by atoms with Crippen LogP contribution in [-0.4, -0.2) is 6.29 Å². The molecule has 0 spiro atoms. The molecule has 0 aliphatic heterocycles. The Morgan fingerprint density at radius 1 is 1.25 bits per heavy atom. The van der Waals surface area contributed by atoms with Gasteiger partial charge < -0.3 is 5.73 Å². The number of hydrogen-bond donors (Lipinski definition) is 1. The van der Waals surface area contributed by atoms with E-state index in [1.807, 2.05) is 25.1 Å². The number of hydrogen-bond acceptors (Lipinski definition) is 2. The SMILES string of the molecule is Cc1ccc(C2(N)CCCCC2)c(C=O)c1. The highest BCUT2D eigenvalue weighted by Gasteiger charge is 2.31. The monoisotopic (exact) mass is 217 g/mol. The molecule has 1 aromatic rings. The van der Waals surface area contributed by atoms with Crippen LogP contribution in [0.5, 0.6) is 0 Å². The summed E-state index contributed by atoms with van der Waals surface area (Å²) in [5.41, 5.74) is 9.09. The second-order valence-electron chi connectivity index (χ2n) is 4.93. The molecule has 1 saturated carbocycles. The maximum absolute atomic E-state index is 11.1. The first kappa shape index (κ1) is 11.3. The number of aldehydes is 1. The van der Waals surface area contributed by atoms with Crippen molar-refractivity contribution in [1.29, 1.82) is 0 Å². The van der Waals surface area contributed by atoms with Gasteiger partial charge in [0.2, 0.25) is 0 Å². The fourth-order valence-electron chi connectivity index (χ4n) is 2.69. The standard InChI is InChI=1S/C14H19NO/c1-11-5-6-13(12(9-11)10-16)14(15)7-3-2-4-8-14/h5-6,9-10H,2-4,7-8,15H2,1H3. The van der Waals surface area contributed by atoms with Crippen molar-refractivity contribution in [2.75, 3.05) is 0 Å². The predicted molar refractivity (Wildman–Crippen MR) is 65.5 cm³/mol. The van der Waals surface area contributed by atoms with E-state index in [-0.39, 0.29) is 5.54 Å². The maximum Gasteiger partial charge on any atom is 0.150 e. The molecule has 0 heterocycles. The van der Waals surface area contributed by atoms with Crippen molar-refractivity contribution >= 4 is 6.29 Å². The van der Waals surface area contributed by atoms with Crippen LogP contribution in [0.15, 0.2) is 18.2 Å². The van der Waals surface area contributed by atoms with E-state index < -0.39 is 0 Å². The second-order valence-corrected chi connectivity index (χ2v) is 4.93. The lowest BCUT2D eigenvalue weighted by Crippen LogP contribution is -2.39. The number of rotatable bonds is 2. The van der Waals surface area contributed by atoms with Crippen LogP contribution in [0.4, 0.5) is 0 Å². The summed E-state index contributed by atoms with van der Waals surface area (Å²) in [7, 11) is 0. The van der Waals surface area contributed by atoms with E-state index in [1.165, 1.54) is 19.3 Å². The molecule has 0 amide bonds. The second kappa shape index (κ2) is 4.38. The summed E-state index contributed by atoms with van der Waals surface area (Å²) >= 11 is 0. The molecule has 2 N–H and O–H groups in total. The Labute approximate surface area is 96.8 Å². The van der Waals surface area contributed by atoms with Gasteiger partial charge in [0, 0.05) is 11.1 Å². The third-order valence-corrected chi connectivity index (χ3v) is 3.62. The summed E-state index contributed by atoms with van der Waals surface area (Å²) in [5.74, 6) is 0. The van der Waals surface area contributed by atoms with Gasteiger partial charge in [-0.2, -0.15) is 0 Å². The third-order valence-electron chi connectivity index (χ3n) is 3.62. The molecule has 16 heavy (non-hydrogen) atoms. The summed E-state index contributed by atoms with van der Waals surface area (Å²) in [6.45, 7) is 2.00. The van der Waals surface area contributed by atoms with E-state index in [1.54, 1.807) is 0 Å². The van der Waals surface area contributed by atoms with Gasteiger partial charge in [-0.25, -0.2) is 0 Å². The van der Waals surface area contributed by atoms with Crippen LogP contribution in [0.25, 0.3) is 0 Å². The molecular weight excluding hydrogens is 198 g/mol. The van der Waals surface area contributed by atoms with Crippen molar-refractivity contribution in [2.24, 2.45) is 5.73 Å². The minimum atomic E-state index is -0.276. The van der Waals surface area contributed by atoms with Crippen LogP contribution in [0.2, 0.25) is 0 Å². The van der Waals surface area contributed by atoms with E-state index in [0.29, 0.717) is 0 Å². The van der Waals surface area contributed by atoms with E-state index in [4.69, 9.17) is 5.73 Å². The molecule has 86 valence electrons. The molecule has 0 radical (unpaired) electrons. The minimum absolute atomic E-state index is 0.276. The summed E-state index contributed by atoms with van der Waals surface area (Å²) in [5, 5.41) is 0. The molecule has 2 heteroatoms. The molecule has 0 aromatic heterocycles. The molecule has 1 fully saturated rings. The number of nitrogens with two attached hydrogens (primary N) is 1. The molecule has 0 unspecified atom stereocenters. The molecule has 1 aromatic carbocycles. The van der Waals surface area contributed by atoms with Gasteiger partial charge >= 0.3 is 0 Å². The molecule has 2 nitrogen and oxygen atoms in total. The first-order chi connectivity index (χ1) is 7.65. The van der Waals surface area contributed by atoms with Crippen molar-refractivity contribution in [3.8, 4) is 0 Å². The van der Waals surface area contributed by atoms with Gasteiger partial charge in [-0.1, -0.05) is 37.0 Å². The van der Waals surface area contributed by atoms with Crippen molar-refractivity contribution in [3.63, 3.8) is 0 Å². The van der Waals surface area contributed by atoms with Crippen LogP contribution >= 0.6 is 0 Å². The Bertz CT molecular complexity index is 392. The smallest absolute Gasteiger partial charge is 0.150 e. The molecule has 0 atom stereocenters. The highest BCUT2D eigenvalue weighted by Crippen LogP contribution is 2.36. The highest BCUT2D eigenvalue weighted by molar-refractivity contribution is 5.78. The van der Waals surface area contributed by atoms with Gasteiger partial charge in [0.25, 0.3) is 0 Å². The van der Waals surface area contributed by atoms with Gasteiger partial charge in [0.1, 0.15) is 6.29 Å². The van der Waals surface area contributed by atoms with E-state index in [2.05, 4.69) is 0 Å². The van der Waals surface area contributed by atoms with Crippen LogP contribution in [-0.2, 0) is 5.54 Å². The van der Waals surface area contributed by atoms with E-state index in [0.717, 1.165) is 35.8 Å². The number of benzene rings is 1. The lowest BCUT2D eigenvalue weighted by atomic mass is 9.76. The van der Waals surface area contributed by atoms with Crippen LogP contribution in [0, 0.1) is 6.92 Å². The fraction of sp³-hybridized carbons (Fsp3) is 0.500. The highest BCUT2D eigenvalue weighted by atomic mass is 16.1. The Kier molecular flexibility index (Phi) is 3.10. The fourth-order valence-corrected chi connectivity index (χ4v) is 2.69. The number of carbonyl (C=O) groups excluding carboxylic acids is 1. The average Bonchev–Trinajstić information content (AvgIpc) is 2.29. The van der Waals surface area contributed by atoms with Gasteiger partial charge in [0.15, 0.2) is 0 Å². The number of carbonyl (C=O) groups is 1. The zero-order valence-electron chi connectivity index (χ0n) is 9.83. The molecule has 0 bridgehead atoms. The Morgan fingerprint density at radius 3 is 2.56 bits per heavy atom. The molecule has 0 saturated heterocycles. The summed E-state index contributed by atoms with van der Waals surface area (Å²) in [6, 6.07) is 6.02. The Morgan fingerprint density at radius 2 is 1.94 bits per heavy atom. The van der Waals surface area contributed by atoms with Gasteiger partial charge in [-0.05, 0) is 31.4 Å². The van der Waals surface area contributed by atoms with Crippen molar-refractivity contribution < 1.29 is 4.79 Å². The normalized spacial score (nSPS) is 19.4. The average molecular weight is 217 g/mol. The van der Waals surface area contributed by atoms with Crippen LogP contribution in [0.1, 0.15) is 53.6 Å². The molecule has 1 aliphatic carbocycles. The Hall–Kier alpha value is -1.15. The summed E-state index contributed by atoms with van der Waals surface area (Å²) in [4.78, 5) is 11.1. The first-order valence-corrected chi connectivity index (χ1v) is 6.01. The minimum Gasteiger partial charge on any atom is -0.321 e. The van der Waals surface area contributed by atoms with E-state index in [9.17, 15) is 4.79 Å². The van der Waals surface area contributed by atoms with Crippen molar-refractivity contribution in [3.05, 3.63) is 34.9 Å². The topological polar surface area (TPSA) is 43.1 Å². The number of aryl methyl sites for hydroxylation is 1. The van der Waals surface area contributed by atoms with E-state index >= 15 is 0 Å². The first-order valence-electron chi connectivity index (χ1n) is 6.01. The quantitative estimate of drug-likeness (QED) is 0.774. The van der Waals surface area contributed by atoms with Crippen molar-refractivity contribution in [1.82, 2.24) is 0 Å². The predicted octanol–water partition coefficient (Wildman–Crippen LogP) is 2.93.